The van der Waals surface area contributed by atoms with Crippen LogP contribution in [0.2, 0.25) is 0 Å². The molecular formula is C19H24FNO4. The van der Waals surface area contributed by atoms with Crippen LogP contribution >= 0.6 is 0 Å². The SMILES string of the molecule is CC(C)(C)OC(=O)N1CCCC(O)(c2cc(F)cc3ccoc23)CC1. The lowest BCUT2D eigenvalue weighted by Crippen LogP contribution is -2.38. The summed E-state index contributed by atoms with van der Waals surface area (Å²) in [7, 11) is 0. The third-order valence-corrected chi connectivity index (χ3v) is 4.48. The number of benzene rings is 1. The maximum atomic E-state index is 14.0. The molecule has 3 rings (SSSR count). The second-order valence-corrected chi connectivity index (χ2v) is 7.64. The Balaban J connectivity index is 1.84. The highest BCUT2D eigenvalue weighted by molar-refractivity contribution is 5.81. The van der Waals surface area contributed by atoms with Crippen LogP contribution in [0.1, 0.15) is 45.6 Å². The summed E-state index contributed by atoms with van der Waals surface area (Å²) < 4.78 is 24.8. The highest BCUT2D eigenvalue weighted by atomic mass is 19.1. The molecule has 1 saturated heterocycles. The quantitative estimate of drug-likeness (QED) is 0.839. The van der Waals surface area contributed by atoms with Crippen LogP contribution in [0.15, 0.2) is 28.9 Å². The van der Waals surface area contributed by atoms with E-state index in [9.17, 15) is 14.3 Å². The molecule has 1 fully saturated rings. The van der Waals surface area contributed by atoms with Crippen LogP contribution in [0.5, 0.6) is 0 Å². The monoisotopic (exact) mass is 349 g/mol. The van der Waals surface area contributed by atoms with Gasteiger partial charge in [0, 0.05) is 24.0 Å². The second kappa shape index (κ2) is 6.33. The molecule has 0 bridgehead atoms. The maximum absolute atomic E-state index is 14.0. The minimum Gasteiger partial charge on any atom is -0.464 e. The van der Waals surface area contributed by atoms with Crippen LogP contribution in [0.25, 0.3) is 11.0 Å². The molecule has 1 atom stereocenters. The molecule has 1 N–H and O–H groups in total. The second-order valence-electron chi connectivity index (χ2n) is 7.64. The summed E-state index contributed by atoms with van der Waals surface area (Å²) >= 11 is 0. The van der Waals surface area contributed by atoms with Gasteiger partial charge in [-0.1, -0.05) is 0 Å². The standard InChI is InChI=1S/C19H24FNO4/c1-18(2,3)25-17(22)21-8-4-6-19(23,7-9-21)15-12-14(20)11-13-5-10-24-16(13)15/h5,10-12,23H,4,6-9H2,1-3H3. The Hall–Kier alpha value is -2.08. The molecule has 1 aliphatic heterocycles. The Bertz CT molecular complexity index is 779. The number of rotatable bonds is 1. The topological polar surface area (TPSA) is 62.9 Å². The Kier molecular flexibility index (Phi) is 4.49. The van der Waals surface area contributed by atoms with Gasteiger partial charge in [0.1, 0.15) is 17.0 Å². The molecule has 25 heavy (non-hydrogen) atoms. The number of amides is 1. The first kappa shape index (κ1) is 17.7. The van der Waals surface area contributed by atoms with Gasteiger partial charge in [0.2, 0.25) is 0 Å². The molecule has 0 saturated carbocycles. The van der Waals surface area contributed by atoms with E-state index in [1.165, 1.54) is 18.4 Å². The highest BCUT2D eigenvalue weighted by Crippen LogP contribution is 2.38. The van der Waals surface area contributed by atoms with Gasteiger partial charge in [-0.25, -0.2) is 9.18 Å². The van der Waals surface area contributed by atoms with Crippen molar-refractivity contribution in [3.8, 4) is 0 Å². The zero-order chi connectivity index (χ0) is 18.2. The average Bonchev–Trinajstić information content (AvgIpc) is 2.86. The van der Waals surface area contributed by atoms with Crippen LogP contribution in [0.4, 0.5) is 9.18 Å². The van der Waals surface area contributed by atoms with E-state index in [1.807, 2.05) is 20.8 Å². The van der Waals surface area contributed by atoms with Gasteiger partial charge in [-0.15, -0.1) is 0 Å². The van der Waals surface area contributed by atoms with E-state index >= 15 is 0 Å². The normalized spacial score (nSPS) is 22.0. The van der Waals surface area contributed by atoms with Crippen LogP contribution in [0.3, 0.4) is 0 Å². The molecule has 1 aromatic carbocycles. The van der Waals surface area contributed by atoms with E-state index in [-0.39, 0.29) is 6.09 Å². The third kappa shape index (κ3) is 3.79. The Morgan fingerprint density at radius 1 is 1.32 bits per heavy atom. The summed E-state index contributed by atoms with van der Waals surface area (Å²) in [5.41, 5.74) is -0.870. The minimum atomic E-state index is -1.24. The number of ether oxygens (including phenoxy) is 1. The molecule has 2 heterocycles. The molecule has 0 radical (unpaired) electrons. The zero-order valence-corrected chi connectivity index (χ0v) is 14.8. The van der Waals surface area contributed by atoms with Crippen molar-refractivity contribution in [3.63, 3.8) is 0 Å². The fourth-order valence-corrected chi connectivity index (χ4v) is 3.29. The van der Waals surface area contributed by atoms with Gasteiger partial charge >= 0.3 is 6.09 Å². The number of aliphatic hydroxyl groups is 1. The number of likely N-dealkylation sites (tertiary alicyclic amines) is 1. The van der Waals surface area contributed by atoms with Crippen molar-refractivity contribution < 1.29 is 23.4 Å². The number of halogens is 1. The molecule has 136 valence electrons. The fraction of sp³-hybridized carbons (Fsp3) is 0.526. The number of carbonyl (C=O) groups is 1. The van der Waals surface area contributed by atoms with Crippen LogP contribution in [-0.2, 0) is 10.3 Å². The predicted molar refractivity (Wildman–Crippen MR) is 91.7 cm³/mol. The van der Waals surface area contributed by atoms with Crippen molar-refractivity contribution >= 4 is 17.1 Å². The fourth-order valence-electron chi connectivity index (χ4n) is 3.29. The number of hydrogen-bond donors (Lipinski definition) is 1. The molecule has 1 aromatic heterocycles. The molecule has 0 aliphatic carbocycles. The van der Waals surface area contributed by atoms with Crippen molar-refractivity contribution in [2.45, 2.75) is 51.2 Å². The number of hydrogen-bond acceptors (Lipinski definition) is 4. The minimum absolute atomic E-state index is 0.297. The van der Waals surface area contributed by atoms with E-state index in [2.05, 4.69) is 0 Å². The Morgan fingerprint density at radius 2 is 2.08 bits per heavy atom. The van der Waals surface area contributed by atoms with E-state index < -0.39 is 17.0 Å². The maximum Gasteiger partial charge on any atom is 0.410 e. The van der Waals surface area contributed by atoms with Gasteiger partial charge in [0.15, 0.2) is 0 Å². The third-order valence-electron chi connectivity index (χ3n) is 4.48. The molecule has 1 amide bonds. The molecule has 6 heteroatoms. The van der Waals surface area contributed by atoms with E-state index in [4.69, 9.17) is 9.15 Å². The first-order valence-corrected chi connectivity index (χ1v) is 8.55. The van der Waals surface area contributed by atoms with Gasteiger partial charge in [-0.3, -0.25) is 0 Å². The lowest BCUT2D eigenvalue weighted by molar-refractivity contribution is 0.0131. The lowest BCUT2D eigenvalue weighted by atomic mass is 9.86. The molecule has 1 unspecified atom stereocenters. The molecule has 0 spiro atoms. The van der Waals surface area contributed by atoms with Crippen LogP contribution in [-0.4, -0.2) is 34.8 Å². The highest BCUT2D eigenvalue weighted by Gasteiger charge is 2.36. The summed E-state index contributed by atoms with van der Waals surface area (Å²) in [5.74, 6) is -0.412. The van der Waals surface area contributed by atoms with Gasteiger partial charge in [0.05, 0.1) is 11.9 Å². The molecule has 1 aliphatic rings. The number of carbonyl (C=O) groups excluding carboxylic acids is 1. The van der Waals surface area contributed by atoms with Crippen LogP contribution in [0, 0.1) is 5.82 Å². The van der Waals surface area contributed by atoms with E-state index in [1.54, 1.807) is 11.0 Å². The van der Waals surface area contributed by atoms with Gasteiger partial charge in [-0.05, 0) is 58.2 Å². The molecule has 5 nitrogen and oxygen atoms in total. The number of nitrogens with zero attached hydrogens (tertiary/aromatic N) is 1. The van der Waals surface area contributed by atoms with Gasteiger partial charge in [0.25, 0.3) is 0 Å². The summed E-state index contributed by atoms with van der Waals surface area (Å²) in [4.78, 5) is 13.9. The zero-order valence-electron chi connectivity index (χ0n) is 14.8. The smallest absolute Gasteiger partial charge is 0.410 e. The van der Waals surface area contributed by atoms with Gasteiger partial charge < -0.3 is 19.2 Å². The number of fused-ring (bicyclic) bond motifs is 1. The lowest BCUT2D eigenvalue weighted by Gasteiger charge is -2.28. The summed E-state index contributed by atoms with van der Waals surface area (Å²) in [6.45, 7) is 6.29. The summed E-state index contributed by atoms with van der Waals surface area (Å²) in [6.07, 6.45) is 2.41. The van der Waals surface area contributed by atoms with E-state index in [0.717, 1.165) is 0 Å². The summed E-state index contributed by atoms with van der Waals surface area (Å²) in [6, 6.07) is 4.39. The average molecular weight is 349 g/mol. The van der Waals surface area contributed by atoms with Crippen molar-refractivity contribution in [1.82, 2.24) is 4.90 Å². The van der Waals surface area contributed by atoms with Crippen molar-refractivity contribution in [1.29, 1.82) is 0 Å². The number of furan rings is 1. The first-order chi connectivity index (χ1) is 11.7. The first-order valence-electron chi connectivity index (χ1n) is 8.55. The molecular weight excluding hydrogens is 325 g/mol. The van der Waals surface area contributed by atoms with Crippen LogP contribution < -0.4 is 0 Å². The van der Waals surface area contributed by atoms with E-state index in [0.29, 0.717) is 48.9 Å². The van der Waals surface area contributed by atoms with Gasteiger partial charge in [-0.2, -0.15) is 0 Å². The van der Waals surface area contributed by atoms with Crippen molar-refractivity contribution in [3.05, 3.63) is 35.8 Å². The predicted octanol–water partition coefficient (Wildman–Crippen LogP) is 4.18. The largest absolute Gasteiger partial charge is 0.464 e. The van der Waals surface area contributed by atoms with Crippen molar-refractivity contribution in [2.24, 2.45) is 0 Å². The van der Waals surface area contributed by atoms with Crippen molar-refractivity contribution in [2.75, 3.05) is 13.1 Å². The summed E-state index contributed by atoms with van der Waals surface area (Å²) in [5, 5.41) is 11.8. The Labute approximate surface area is 146 Å². The molecule has 2 aromatic rings. The Morgan fingerprint density at radius 3 is 2.80 bits per heavy atom.